The van der Waals surface area contributed by atoms with Crippen molar-refractivity contribution in [3.05, 3.63) is 65.5 Å². The molecule has 3 rings (SSSR count). The average Bonchev–Trinajstić information content (AvgIpc) is 2.70. The van der Waals surface area contributed by atoms with Crippen LogP contribution in [0.5, 0.6) is 0 Å². The van der Waals surface area contributed by atoms with Crippen molar-refractivity contribution in [1.82, 2.24) is 10.2 Å². The second-order valence-corrected chi connectivity index (χ2v) is 8.15. The Morgan fingerprint density at radius 3 is 2.54 bits per heavy atom. The van der Waals surface area contributed by atoms with E-state index in [9.17, 15) is 9.18 Å². The summed E-state index contributed by atoms with van der Waals surface area (Å²) in [6, 6.07) is 15.3. The number of nitrogens with zero attached hydrogens (tertiary/aromatic N) is 2. The van der Waals surface area contributed by atoms with Crippen molar-refractivity contribution in [1.29, 1.82) is 0 Å². The Labute approximate surface area is 171 Å². The molecule has 2 aromatic rings. The van der Waals surface area contributed by atoms with Crippen LogP contribution in [0.4, 0.5) is 10.1 Å². The van der Waals surface area contributed by atoms with Crippen molar-refractivity contribution < 1.29 is 9.18 Å². The normalized spacial score (nSPS) is 14.9. The van der Waals surface area contributed by atoms with Crippen molar-refractivity contribution in [2.24, 2.45) is 0 Å². The molecular weight excluding hydrogens is 373 g/mol. The first-order valence-corrected chi connectivity index (χ1v) is 10.9. The standard InChI is InChI=1S/C22H28FN3OS/c1-18-6-2-5-9-21(18)26-13-11-25(12-14-26)16-22(27)24-10-15-28-17-19-7-3-4-8-20(19)23/h2-9H,10-17H2,1H3,(H,24,27). The molecule has 0 unspecified atom stereocenters. The van der Waals surface area contributed by atoms with Crippen LogP contribution in [-0.4, -0.2) is 55.8 Å². The number of piperazine rings is 1. The molecule has 0 saturated carbocycles. The molecule has 1 saturated heterocycles. The lowest BCUT2D eigenvalue weighted by atomic mass is 10.1. The number of thioether (sulfide) groups is 1. The van der Waals surface area contributed by atoms with Crippen LogP contribution in [0.2, 0.25) is 0 Å². The van der Waals surface area contributed by atoms with E-state index in [1.807, 2.05) is 6.07 Å². The molecule has 0 aliphatic carbocycles. The van der Waals surface area contributed by atoms with E-state index in [-0.39, 0.29) is 11.7 Å². The third kappa shape index (κ3) is 5.97. The molecule has 1 N–H and O–H groups in total. The van der Waals surface area contributed by atoms with E-state index < -0.39 is 0 Å². The lowest BCUT2D eigenvalue weighted by Gasteiger charge is -2.36. The van der Waals surface area contributed by atoms with E-state index >= 15 is 0 Å². The zero-order valence-electron chi connectivity index (χ0n) is 16.4. The summed E-state index contributed by atoms with van der Waals surface area (Å²) in [4.78, 5) is 16.8. The highest BCUT2D eigenvalue weighted by Gasteiger charge is 2.19. The maximum absolute atomic E-state index is 13.6. The molecule has 0 radical (unpaired) electrons. The molecule has 1 fully saturated rings. The Hall–Kier alpha value is -2.05. The second kappa shape index (κ2) is 10.5. The molecule has 150 valence electrons. The average molecular weight is 402 g/mol. The fourth-order valence-electron chi connectivity index (χ4n) is 3.38. The van der Waals surface area contributed by atoms with Crippen LogP contribution in [0.3, 0.4) is 0 Å². The van der Waals surface area contributed by atoms with Gasteiger partial charge in [0.2, 0.25) is 5.91 Å². The van der Waals surface area contributed by atoms with Gasteiger partial charge in [-0.2, -0.15) is 11.8 Å². The van der Waals surface area contributed by atoms with Gasteiger partial charge in [-0.25, -0.2) is 4.39 Å². The summed E-state index contributed by atoms with van der Waals surface area (Å²) in [6.45, 7) is 6.86. The number of hydrogen-bond acceptors (Lipinski definition) is 4. The number of carbonyl (C=O) groups is 1. The summed E-state index contributed by atoms with van der Waals surface area (Å²) >= 11 is 1.63. The van der Waals surface area contributed by atoms with Crippen molar-refractivity contribution in [3.63, 3.8) is 0 Å². The lowest BCUT2D eigenvalue weighted by Crippen LogP contribution is -2.49. The van der Waals surface area contributed by atoms with Gasteiger partial charge in [-0.3, -0.25) is 9.69 Å². The highest BCUT2D eigenvalue weighted by molar-refractivity contribution is 7.98. The van der Waals surface area contributed by atoms with Crippen LogP contribution in [0.25, 0.3) is 0 Å². The smallest absolute Gasteiger partial charge is 0.234 e. The fraction of sp³-hybridized carbons (Fsp3) is 0.409. The van der Waals surface area contributed by atoms with Crippen LogP contribution >= 0.6 is 11.8 Å². The summed E-state index contributed by atoms with van der Waals surface area (Å²) in [5.74, 6) is 1.31. The molecule has 6 heteroatoms. The number of halogens is 1. The Bertz CT molecular complexity index is 778. The molecular formula is C22H28FN3OS. The van der Waals surface area contributed by atoms with Gasteiger partial charge in [0.25, 0.3) is 0 Å². The van der Waals surface area contributed by atoms with Crippen LogP contribution in [-0.2, 0) is 10.5 Å². The number of para-hydroxylation sites is 1. The Balaban J connectivity index is 1.30. The lowest BCUT2D eigenvalue weighted by molar-refractivity contribution is -0.122. The number of carbonyl (C=O) groups excluding carboxylic acids is 1. The molecule has 0 aromatic heterocycles. The molecule has 0 bridgehead atoms. The number of rotatable bonds is 8. The third-order valence-corrected chi connectivity index (χ3v) is 5.99. The van der Waals surface area contributed by atoms with Crippen LogP contribution < -0.4 is 10.2 Å². The number of benzene rings is 2. The zero-order valence-corrected chi connectivity index (χ0v) is 17.2. The molecule has 0 atom stereocenters. The number of amides is 1. The van der Waals surface area contributed by atoms with Gasteiger partial charge in [-0.15, -0.1) is 0 Å². The monoisotopic (exact) mass is 401 g/mol. The Morgan fingerprint density at radius 2 is 1.79 bits per heavy atom. The molecule has 1 aliphatic rings. The summed E-state index contributed by atoms with van der Waals surface area (Å²) < 4.78 is 13.6. The van der Waals surface area contributed by atoms with Gasteiger partial charge in [0.15, 0.2) is 0 Å². The molecule has 1 heterocycles. The highest BCUT2D eigenvalue weighted by atomic mass is 32.2. The Kier molecular flexibility index (Phi) is 7.74. The first-order chi connectivity index (χ1) is 13.6. The molecule has 0 spiro atoms. The summed E-state index contributed by atoms with van der Waals surface area (Å²) in [5, 5.41) is 2.97. The molecule has 1 aliphatic heterocycles. The van der Waals surface area contributed by atoms with Crippen molar-refractivity contribution in [2.45, 2.75) is 12.7 Å². The van der Waals surface area contributed by atoms with Crippen molar-refractivity contribution in [2.75, 3.05) is 49.9 Å². The van der Waals surface area contributed by atoms with Gasteiger partial charge in [0.1, 0.15) is 5.82 Å². The van der Waals surface area contributed by atoms with E-state index in [4.69, 9.17) is 0 Å². The topological polar surface area (TPSA) is 35.6 Å². The number of anilines is 1. The van der Waals surface area contributed by atoms with Crippen molar-refractivity contribution >= 4 is 23.4 Å². The largest absolute Gasteiger partial charge is 0.369 e. The summed E-state index contributed by atoms with van der Waals surface area (Å²) in [7, 11) is 0. The highest BCUT2D eigenvalue weighted by Crippen LogP contribution is 2.20. The first-order valence-electron chi connectivity index (χ1n) is 9.74. The van der Waals surface area contributed by atoms with Gasteiger partial charge in [0, 0.05) is 49.9 Å². The zero-order chi connectivity index (χ0) is 19.8. The molecule has 28 heavy (non-hydrogen) atoms. The van der Waals surface area contributed by atoms with Gasteiger partial charge in [-0.05, 0) is 30.2 Å². The minimum atomic E-state index is -0.163. The number of aryl methyl sites for hydroxylation is 1. The maximum Gasteiger partial charge on any atom is 0.234 e. The van der Waals surface area contributed by atoms with Gasteiger partial charge >= 0.3 is 0 Å². The summed E-state index contributed by atoms with van der Waals surface area (Å²) in [5.41, 5.74) is 3.30. The van der Waals surface area contributed by atoms with E-state index in [0.717, 1.165) is 31.9 Å². The number of nitrogens with one attached hydrogen (secondary N) is 1. The van der Waals surface area contributed by atoms with Crippen LogP contribution in [0.15, 0.2) is 48.5 Å². The predicted octanol–water partition coefficient (Wildman–Crippen LogP) is 3.31. The van der Waals surface area contributed by atoms with Crippen molar-refractivity contribution in [3.8, 4) is 0 Å². The minimum Gasteiger partial charge on any atom is -0.369 e. The first kappa shape index (κ1) is 20.7. The fourth-order valence-corrected chi connectivity index (χ4v) is 4.23. The van der Waals surface area contributed by atoms with E-state index in [1.165, 1.54) is 17.3 Å². The van der Waals surface area contributed by atoms with Crippen LogP contribution in [0, 0.1) is 12.7 Å². The van der Waals surface area contributed by atoms with Crippen LogP contribution in [0.1, 0.15) is 11.1 Å². The van der Waals surface area contributed by atoms with Gasteiger partial charge < -0.3 is 10.2 Å². The SMILES string of the molecule is Cc1ccccc1N1CCN(CC(=O)NCCSCc2ccccc2F)CC1. The Morgan fingerprint density at radius 1 is 1.07 bits per heavy atom. The molecule has 4 nitrogen and oxygen atoms in total. The number of hydrogen-bond donors (Lipinski definition) is 1. The van der Waals surface area contributed by atoms with Gasteiger partial charge in [-0.1, -0.05) is 36.4 Å². The third-order valence-electron chi connectivity index (χ3n) is 4.98. The predicted molar refractivity (Wildman–Crippen MR) is 115 cm³/mol. The van der Waals surface area contributed by atoms with E-state index in [1.54, 1.807) is 23.9 Å². The van der Waals surface area contributed by atoms with E-state index in [2.05, 4.69) is 46.3 Å². The quantitative estimate of drug-likeness (QED) is 0.689. The van der Waals surface area contributed by atoms with E-state index in [0.29, 0.717) is 24.4 Å². The summed E-state index contributed by atoms with van der Waals surface area (Å²) in [6.07, 6.45) is 0. The molecule has 2 aromatic carbocycles. The van der Waals surface area contributed by atoms with Gasteiger partial charge in [0.05, 0.1) is 6.54 Å². The maximum atomic E-state index is 13.6. The molecule has 1 amide bonds. The minimum absolute atomic E-state index is 0.0656. The second-order valence-electron chi connectivity index (χ2n) is 7.04.